The Labute approximate surface area is 144 Å². The maximum Gasteiger partial charge on any atom is 0.264 e. The molecule has 0 aromatic heterocycles. The minimum absolute atomic E-state index is 0.116. The molecular formula is C19H18N2O4. The topological polar surface area (TPSA) is 98.7 Å². The van der Waals surface area contributed by atoms with Gasteiger partial charge < -0.3 is 20.8 Å². The Bertz CT molecular complexity index is 830. The molecule has 2 aromatic rings. The zero-order chi connectivity index (χ0) is 17.8. The molecule has 0 bridgehead atoms. The average Bonchev–Trinajstić information content (AvgIpc) is 2.90. The highest BCUT2D eigenvalue weighted by Crippen LogP contribution is 2.25. The third kappa shape index (κ3) is 3.63. The first-order valence-corrected chi connectivity index (χ1v) is 7.93. The van der Waals surface area contributed by atoms with Crippen LogP contribution < -0.4 is 10.6 Å². The number of carbonyl (C=O) groups is 2. The Morgan fingerprint density at radius 2 is 1.72 bits per heavy atom. The summed E-state index contributed by atoms with van der Waals surface area (Å²) in [6.07, 6.45) is 1.14. The van der Waals surface area contributed by atoms with Crippen LogP contribution in [0.25, 0.3) is 0 Å². The second-order valence-corrected chi connectivity index (χ2v) is 5.78. The van der Waals surface area contributed by atoms with Gasteiger partial charge in [-0.3, -0.25) is 9.59 Å². The second kappa shape index (κ2) is 7.09. The summed E-state index contributed by atoms with van der Waals surface area (Å²) in [6, 6.07) is 15.3. The van der Waals surface area contributed by atoms with Crippen molar-refractivity contribution >= 4 is 17.5 Å². The Hall–Kier alpha value is -3.28. The first-order chi connectivity index (χ1) is 12.1. The van der Waals surface area contributed by atoms with E-state index in [0.717, 1.165) is 5.56 Å². The first kappa shape index (κ1) is 16.6. The first-order valence-electron chi connectivity index (χ1n) is 7.93. The predicted molar refractivity (Wildman–Crippen MR) is 93.1 cm³/mol. The average molecular weight is 338 g/mol. The van der Waals surface area contributed by atoms with Crippen LogP contribution >= 0.6 is 0 Å². The number of carbonyl (C=O) groups excluding carboxylic acids is 2. The summed E-state index contributed by atoms with van der Waals surface area (Å²) in [4.78, 5) is 24.4. The molecule has 128 valence electrons. The van der Waals surface area contributed by atoms with Gasteiger partial charge in [0.1, 0.15) is 17.1 Å². The molecule has 2 aromatic carbocycles. The number of anilines is 1. The smallest absolute Gasteiger partial charge is 0.264 e. The lowest BCUT2D eigenvalue weighted by atomic mass is 10.0. The summed E-state index contributed by atoms with van der Waals surface area (Å²) in [5.41, 5.74) is 0.936. The van der Waals surface area contributed by atoms with Crippen molar-refractivity contribution in [2.45, 2.75) is 18.9 Å². The number of phenols is 1. The molecule has 0 radical (unpaired) electrons. The van der Waals surface area contributed by atoms with Crippen molar-refractivity contribution in [3.8, 4) is 5.75 Å². The molecule has 0 saturated carbocycles. The standard InChI is InChI=1S/C19H18N2O4/c22-15-9-5-4-8-13(15)20-18(24)16-17(23)14(21-19(16)25)11-10-12-6-2-1-3-7-12/h1-9,14,22-23H,10-11H2,(H,20,24)(H,21,25). The van der Waals surface area contributed by atoms with Gasteiger partial charge in [-0.05, 0) is 30.5 Å². The highest BCUT2D eigenvalue weighted by atomic mass is 16.3. The van der Waals surface area contributed by atoms with Crippen LogP contribution in [0.15, 0.2) is 65.9 Å². The van der Waals surface area contributed by atoms with E-state index in [2.05, 4.69) is 10.6 Å². The number of para-hydroxylation sites is 2. The van der Waals surface area contributed by atoms with E-state index in [4.69, 9.17) is 0 Å². The summed E-state index contributed by atoms with van der Waals surface area (Å²) >= 11 is 0. The van der Waals surface area contributed by atoms with Crippen LogP contribution in [0.1, 0.15) is 12.0 Å². The largest absolute Gasteiger partial charge is 0.509 e. The molecule has 1 unspecified atom stereocenters. The SMILES string of the molecule is O=C(Nc1ccccc1O)C1=C(O)C(CCc2ccccc2)NC1=O. The lowest BCUT2D eigenvalue weighted by Crippen LogP contribution is -2.30. The molecule has 3 rings (SSSR count). The molecule has 6 nitrogen and oxygen atoms in total. The van der Waals surface area contributed by atoms with Gasteiger partial charge in [-0.1, -0.05) is 42.5 Å². The predicted octanol–water partition coefficient (Wildman–Crippen LogP) is 2.27. The molecule has 4 N–H and O–H groups in total. The molecule has 1 aliphatic rings. The van der Waals surface area contributed by atoms with Gasteiger partial charge in [-0.2, -0.15) is 0 Å². The summed E-state index contributed by atoms with van der Waals surface area (Å²) in [5.74, 6) is -1.76. The van der Waals surface area contributed by atoms with Crippen LogP contribution in [0.2, 0.25) is 0 Å². The van der Waals surface area contributed by atoms with E-state index in [9.17, 15) is 19.8 Å². The minimum atomic E-state index is -0.751. The monoisotopic (exact) mass is 338 g/mol. The van der Waals surface area contributed by atoms with Crippen LogP contribution in [-0.2, 0) is 16.0 Å². The normalized spacial score (nSPS) is 16.6. The van der Waals surface area contributed by atoms with Crippen molar-refractivity contribution in [1.82, 2.24) is 5.32 Å². The number of aromatic hydroxyl groups is 1. The molecule has 25 heavy (non-hydrogen) atoms. The van der Waals surface area contributed by atoms with Crippen LogP contribution in [-0.4, -0.2) is 28.1 Å². The maximum absolute atomic E-state index is 12.3. The van der Waals surface area contributed by atoms with Crippen LogP contribution in [0.3, 0.4) is 0 Å². The van der Waals surface area contributed by atoms with E-state index in [-0.39, 0.29) is 22.8 Å². The van der Waals surface area contributed by atoms with Gasteiger partial charge in [-0.25, -0.2) is 0 Å². The van der Waals surface area contributed by atoms with Gasteiger partial charge in [0.25, 0.3) is 11.8 Å². The van der Waals surface area contributed by atoms with E-state index >= 15 is 0 Å². The summed E-state index contributed by atoms with van der Waals surface area (Å²) in [7, 11) is 0. The third-order valence-electron chi connectivity index (χ3n) is 4.06. The van der Waals surface area contributed by atoms with Gasteiger partial charge in [0.15, 0.2) is 0 Å². The fourth-order valence-corrected chi connectivity index (χ4v) is 2.74. The number of hydrogen-bond acceptors (Lipinski definition) is 4. The summed E-state index contributed by atoms with van der Waals surface area (Å²) in [5, 5.41) is 25.0. The fourth-order valence-electron chi connectivity index (χ4n) is 2.74. The zero-order valence-electron chi connectivity index (χ0n) is 13.4. The number of amides is 2. The number of aryl methyl sites for hydroxylation is 1. The molecule has 0 saturated heterocycles. The van der Waals surface area contributed by atoms with Gasteiger partial charge in [0.05, 0.1) is 11.7 Å². The third-order valence-corrected chi connectivity index (χ3v) is 4.06. The van der Waals surface area contributed by atoms with Gasteiger partial charge in [0.2, 0.25) is 0 Å². The number of nitrogens with one attached hydrogen (secondary N) is 2. The van der Waals surface area contributed by atoms with Crippen molar-refractivity contribution in [3.05, 3.63) is 71.5 Å². The molecule has 1 atom stereocenters. The number of hydrogen-bond donors (Lipinski definition) is 4. The lowest BCUT2D eigenvalue weighted by molar-refractivity contribution is -0.120. The zero-order valence-corrected chi connectivity index (χ0v) is 13.4. The second-order valence-electron chi connectivity index (χ2n) is 5.78. The highest BCUT2D eigenvalue weighted by molar-refractivity contribution is 6.24. The molecular weight excluding hydrogens is 320 g/mol. The summed E-state index contributed by atoms with van der Waals surface area (Å²) < 4.78 is 0. The maximum atomic E-state index is 12.3. The van der Waals surface area contributed by atoms with E-state index in [0.29, 0.717) is 12.8 Å². The Kier molecular flexibility index (Phi) is 4.70. The summed E-state index contributed by atoms with van der Waals surface area (Å²) in [6.45, 7) is 0. The molecule has 6 heteroatoms. The van der Waals surface area contributed by atoms with Gasteiger partial charge >= 0.3 is 0 Å². The molecule has 2 amide bonds. The fraction of sp³-hybridized carbons (Fsp3) is 0.158. The van der Waals surface area contributed by atoms with Crippen molar-refractivity contribution in [2.75, 3.05) is 5.32 Å². The molecule has 0 aliphatic carbocycles. The minimum Gasteiger partial charge on any atom is -0.509 e. The Morgan fingerprint density at radius 3 is 2.44 bits per heavy atom. The highest BCUT2D eigenvalue weighted by Gasteiger charge is 2.35. The number of aliphatic hydroxyl groups is 1. The number of benzene rings is 2. The molecule has 0 spiro atoms. The van der Waals surface area contributed by atoms with Crippen LogP contribution in [0.4, 0.5) is 5.69 Å². The molecule has 1 heterocycles. The van der Waals surface area contributed by atoms with E-state index in [1.807, 2.05) is 30.3 Å². The van der Waals surface area contributed by atoms with Crippen molar-refractivity contribution in [1.29, 1.82) is 0 Å². The van der Waals surface area contributed by atoms with Crippen molar-refractivity contribution in [3.63, 3.8) is 0 Å². The molecule has 0 fully saturated rings. The van der Waals surface area contributed by atoms with Crippen molar-refractivity contribution in [2.24, 2.45) is 0 Å². The van der Waals surface area contributed by atoms with Gasteiger partial charge in [0, 0.05) is 0 Å². The van der Waals surface area contributed by atoms with Crippen molar-refractivity contribution < 1.29 is 19.8 Å². The number of rotatable bonds is 5. The van der Waals surface area contributed by atoms with Crippen LogP contribution in [0.5, 0.6) is 5.75 Å². The van der Waals surface area contributed by atoms with Gasteiger partial charge in [-0.15, -0.1) is 0 Å². The Morgan fingerprint density at radius 1 is 1.04 bits per heavy atom. The van der Waals surface area contributed by atoms with E-state index in [1.165, 1.54) is 12.1 Å². The molecule has 1 aliphatic heterocycles. The van der Waals surface area contributed by atoms with Crippen LogP contribution in [0, 0.1) is 0 Å². The van der Waals surface area contributed by atoms with E-state index < -0.39 is 17.9 Å². The van der Waals surface area contributed by atoms with E-state index in [1.54, 1.807) is 12.1 Å². The Balaban J connectivity index is 1.71. The lowest BCUT2D eigenvalue weighted by Gasteiger charge is -2.10. The number of phenolic OH excluding ortho intramolecular Hbond substituents is 1. The number of aliphatic hydroxyl groups excluding tert-OH is 1. The quantitative estimate of drug-likeness (QED) is 0.496.